The van der Waals surface area contributed by atoms with Gasteiger partial charge in [-0.05, 0) is 12.0 Å². The van der Waals surface area contributed by atoms with Crippen LogP contribution in [0, 0.1) is 0 Å². The van der Waals surface area contributed by atoms with Crippen LogP contribution < -0.4 is 5.32 Å². The summed E-state index contributed by atoms with van der Waals surface area (Å²) < 4.78 is 1.97. The van der Waals surface area contributed by atoms with Crippen LogP contribution in [0.15, 0.2) is 55.1 Å². The molecule has 20 heavy (non-hydrogen) atoms. The summed E-state index contributed by atoms with van der Waals surface area (Å²) >= 11 is 0. The molecule has 0 aliphatic heterocycles. The normalized spacial score (nSPS) is 10.8. The zero-order chi connectivity index (χ0) is 14.0. The second kappa shape index (κ2) is 7.94. The van der Waals surface area contributed by atoms with Gasteiger partial charge in [0, 0.05) is 31.9 Å². The Kier molecular flexibility index (Phi) is 5.58. The highest BCUT2D eigenvalue weighted by Crippen LogP contribution is 2.00. The Morgan fingerprint density at radius 3 is 2.90 bits per heavy atom. The number of hydrogen-bond acceptors (Lipinski definition) is 2. The molecule has 1 aromatic carbocycles. The number of nitrogens with one attached hydrogen (secondary N) is 1. The minimum Gasteiger partial charge on any atom is -0.353 e. The summed E-state index contributed by atoms with van der Waals surface area (Å²) in [5, 5.41) is 2.88. The van der Waals surface area contributed by atoms with Crippen LogP contribution in [0.2, 0.25) is 0 Å². The number of aromatic nitrogens is 2. The fraction of sp³-hybridized carbons (Fsp3) is 0.250. The van der Waals surface area contributed by atoms with Gasteiger partial charge in [0.2, 0.25) is 5.91 Å². The van der Waals surface area contributed by atoms with Crippen molar-refractivity contribution in [3.8, 4) is 0 Å². The molecule has 2 rings (SSSR count). The summed E-state index contributed by atoms with van der Waals surface area (Å²) in [5.74, 6) is 0.0860. The van der Waals surface area contributed by atoms with Gasteiger partial charge in [0.05, 0.1) is 6.33 Å². The third kappa shape index (κ3) is 5.10. The number of carbonyl (C=O) groups is 1. The molecule has 1 heterocycles. The van der Waals surface area contributed by atoms with Crippen LogP contribution in [0.4, 0.5) is 0 Å². The monoisotopic (exact) mass is 269 g/mol. The number of rotatable bonds is 7. The predicted octanol–water partition coefficient (Wildman–Crippen LogP) is 2.49. The molecule has 104 valence electrons. The van der Waals surface area contributed by atoms with E-state index < -0.39 is 0 Å². The fourth-order valence-corrected chi connectivity index (χ4v) is 1.86. The first-order valence-electron chi connectivity index (χ1n) is 6.78. The van der Waals surface area contributed by atoms with Gasteiger partial charge >= 0.3 is 0 Å². The number of carbonyl (C=O) groups excluding carboxylic acids is 1. The van der Waals surface area contributed by atoms with E-state index in [4.69, 9.17) is 0 Å². The smallest absolute Gasteiger partial charge is 0.220 e. The maximum Gasteiger partial charge on any atom is 0.220 e. The average Bonchev–Trinajstić information content (AvgIpc) is 2.98. The standard InChI is InChI=1S/C16H19N3O/c20-16(9-5-12-19-13-11-17-14-19)18-10-4-8-15-6-2-1-3-7-15/h1-4,6-8,11,13-14H,5,9-10,12H2,(H,18,20)/b8-4-. The first-order valence-corrected chi connectivity index (χ1v) is 6.78. The third-order valence-electron chi connectivity index (χ3n) is 2.91. The summed E-state index contributed by atoms with van der Waals surface area (Å²) in [7, 11) is 0. The number of nitrogens with zero attached hydrogens (tertiary/aromatic N) is 2. The molecule has 4 nitrogen and oxygen atoms in total. The maximum atomic E-state index is 11.6. The molecule has 1 amide bonds. The molecule has 0 unspecified atom stereocenters. The SMILES string of the molecule is O=C(CCCn1ccnc1)NC/C=C\c1ccccc1. The number of aryl methyl sites for hydroxylation is 1. The van der Waals surface area contributed by atoms with Crippen molar-refractivity contribution in [2.24, 2.45) is 0 Å². The van der Waals surface area contributed by atoms with E-state index in [2.05, 4.69) is 10.3 Å². The molecule has 0 saturated heterocycles. The van der Waals surface area contributed by atoms with Crippen LogP contribution in [-0.4, -0.2) is 22.0 Å². The lowest BCUT2D eigenvalue weighted by molar-refractivity contribution is -0.121. The lowest BCUT2D eigenvalue weighted by Crippen LogP contribution is -2.23. The van der Waals surface area contributed by atoms with Crippen LogP contribution in [0.5, 0.6) is 0 Å². The van der Waals surface area contributed by atoms with Crippen molar-refractivity contribution >= 4 is 12.0 Å². The summed E-state index contributed by atoms with van der Waals surface area (Å²) in [6, 6.07) is 10.0. The minimum absolute atomic E-state index is 0.0860. The van der Waals surface area contributed by atoms with E-state index in [1.165, 1.54) is 0 Å². The third-order valence-corrected chi connectivity index (χ3v) is 2.91. The van der Waals surface area contributed by atoms with E-state index in [0.717, 1.165) is 18.5 Å². The van der Waals surface area contributed by atoms with Gasteiger partial charge in [-0.2, -0.15) is 0 Å². The van der Waals surface area contributed by atoms with Crippen LogP contribution >= 0.6 is 0 Å². The molecular weight excluding hydrogens is 250 g/mol. The number of amides is 1. The molecule has 4 heteroatoms. The van der Waals surface area contributed by atoms with Crippen molar-refractivity contribution in [2.75, 3.05) is 6.54 Å². The van der Waals surface area contributed by atoms with Gasteiger partial charge in [0.25, 0.3) is 0 Å². The van der Waals surface area contributed by atoms with Gasteiger partial charge in [0.15, 0.2) is 0 Å². The van der Waals surface area contributed by atoms with E-state index in [0.29, 0.717) is 13.0 Å². The second-order valence-corrected chi connectivity index (χ2v) is 4.52. The highest BCUT2D eigenvalue weighted by molar-refractivity contribution is 5.76. The first-order chi connectivity index (χ1) is 9.84. The number of hydrogen-bond donors (Lipinski definition) is 1. The fourth-order valence-electron chi connectivity index (χ4n) is 1.86. The zero-order valence-corrected chi connectivity index (χ0v) is 11.4. The van der Waals surface area contributed by atoms with Crippen molar-refractivity contribution in [1.29, 1.82) is 0 Å². The van der Waals surface area contributed by atoms with Gasteiger partial charge in [-0.25, -0.2) is 4.98 Å². The Morgan fingerprint density at radius 2 is 2.15 bits per heavy atom. The molecule has 0 atom stereocenters. The van der Waals surface area contributed by atoms with Crippen LogP contribution in [-0.2, 0) is 11.3 Å². The van der Waals surface area contributed by atoms with Crippen molar-refractivity contribution in [3.05, 3.63) is 60.7 Å². The lowest BCUT2D eigenvalue weighted by atomic mass is 10.2. The van der Waals surface area contributed by atoms with E-state index in [9.17, 15) is 4.79 Å². The quantitative estimate of drug-likeness (QED) is 0.839. The Balaban J connectivity index is 1.59. The van der Waals surface area contributed by atoms with Crippen molar-refractivity contribution < 1.29 is 4.79 Å². The summed E-state index contributed by atoms with van der Waals surface area (Å²) in [5.41, 5.74) is 1.14. The molecule has 0 aliphatic rings. The lowest BCUT2D eigenvalue weighted by Gasteiger charge is -2.03. The van der Waals surface area contributed by atoms with Crippen LogP contribution in [0.25, 0.3) is 6.08 Å². The van der Waals surface area contributed by atoms with E-state index >= 15 is 0 Å². The molecule has 0 bridgehead atoms. The first kappa shape index (κ1) is 14.1. The molecule has 0 aliphatic carbocycles. The second-order valence-electron chi connectivity index (χ2n) is 4.52. The molecular formula is C16H19N3O. The number of imidazole rings is 1. The molecule has 0 radical (unpaired) electrons. The maximum absolute atomic E-state index is 11.6. The Labute approximate surface area is 119 Å². The molecule has 1 aromatic heterocycles. The van der Waals surface area contributed by atoms with E-state index in [1.54, 1.807) is 12.5 Å². The van der Waals surface area contributed by atoms with Gasteiger partial charge in [-0.1, -0.05) is 42.5 Å². The minimum atomic E-state index is 0.0860. The highest BCUT2D eigenvalue weighted by atomic mass is 16.1. The highest BCUT2D eigenvalue weighted by Gasteiger charge is 1.99. The molecule has 1 N–H and O–H groups in total. The van der Waals surface area contributed by atoms with E-state index in [-0.39, 0.29) is 5.91 Å². The molecule has 0 fully saturated rings. The van der Waals surface area contributed by atoms with Crippen LogP contribution in [0.3, 0.4) is 0 Å². The van der Waals surface area contributed by atoms with Gasteiger partial charge < -0.3 is 9.88 Å². The Hall–Kier alpha value is -2.36. The zero-order valence-electron chi connectivity index (χ0n) is 11.4. The van der Waals surface area contributed by atoms with E-state index in [1.807, 2.05) is 53.2 Å². The summed E-state index contributed by atoms with van der Waals surface area (Å²) in [4.78, 5) is 15.6. The van der Waals surface area contributed by atoms with Gasteiger partial charge in [-0.15, -0.1) is 0 Å². The van der Waals surface area contributed by atoms with Crippen molar-refractivity contribution in [2.45, 2.75) is 19.4 Å². The van der Waals surface area contributed by atoms with Crippen molar-refractivity contribution in [1.82, 2.24) is 14.9 Å². The Morgan fingerprint density at radius 1 is 1.30 bits per heavy atom. The number of benzene rings is 1. The van der Waals surface area contributed by atoms with Gasteiger partial charge in [0.1, 0.15) is 0 Å². The van der Waals surface area contributed by atoms with Crippen LogP contribution in [0.1, 0.15) is 18.4 Å². The van der Waals surface area contributed by atoms with Gasteiger partial charge in [-0.3, -0.25) is 4.79 Å². The molecule has 0 saturated carbocycles. The average molecular weight is 269 g/mol. The van der Waals surface area contributed by atoms with Crippen molar-refractivity contribution in [3.63, 3.8) is 0 Å². The summed E-state index contributed by atoms with van der Waals surface area (Å²) in [6.07, 6.45) is 10.7. The Bertz CT molecular complexity index is 532. The topological polar surface area (TPSA) is 46.9 Å². The molecule has 2 aromatic rings. The molecule has 0 spiro atoms. The predicted molar refractivity (Wildman–Crippen MR) is 79.9 cm³/mol. The summed E-state index contributed by atoms with van der Waals surface area (Å²) in [6.45, 7) is 1.39. The largest absolute Gasteiger partial charge is 0.353 e.